The van der Waals surface area contributed by atoms with Crippen molar-refractivity contribution in [2.45, 2.75) is 0 Å². The van der Waals surface area contributed by atoms with Crippen LogP contribution < -0.4 is 15.4 Å². The number of carbonyl (C=O) groups excluding carboxylic acids is 2. The molecule has 0 unspecified atom stereocenters. The first-order chi connectivity index (χ1) is 15.9. The van der Waals surface area contributed by atoms with Crippen LogP contribution in [0.5, 0.6) is 5.75 Å². The maximum absolute atomic E-state index is 12.9. The second-order valence-corrected chi connectivity index (χ2v) is 7.90. The highest BCUT2D eigenvalue weighted by Crippen LogP contribution is 2.27. The fraction of sp³-hybridized carbons (Fsp3) is 0.0417. The molecule has 33 heavy (non-hydrogen) atoms. The van der Waals surface area contributed by atoms with E-state index >= 15 is 0 Å². The Morgan fingerprint density at radius 1 is 1.09 bits per heavy atom. The van der Waals surface area contributed by atoms with Gasteiger partial charge in [-0.25, -0.2) is 4.39 Å². The molecule has 0 saturated heterocycles. The van der Waals surface area contributed by atoms with Gasteiger partial charge in [0.05, 0.1) is 15.2 Å². The maximum Gasteiger partial charge on any atom is 0.266 e. The van der Waals surface area contributed by atoms with E-state index in [1.807, 2.05) is 6.07 Å². The zero-order valence-corrected chi connectivity index (χ0v) is 19.3. The van der Waals surface area contributed by atoms with Gasteiger partial charge in [-0.3, -0.25) is 9.59 Å². The monoisotopic (exact) mass is 527 g/mol. The molecular weight excluding hydrogens is 513 g/mol. The molecule has 0 aromatic heterocycles. The number of hydrogen-bond acceptors (Lipinski definition) is 4. The second-order valence-electron chi connectivity index (χ2n) is 6.64. The minimum Gasteiger partial charge on any atom is -0.483 e. The minimum absolute atomic E-state index is 0.117. The van der Waals surface area contributed by atoms with E-state index in [-0.39, 0.29) is 12.2 Å². The van der Waals surface area contributed by atoms with Crippen molar-refractivity contribution < 1.29 is 18.7 Å². The molecule has 0 heterocycles. The molecule has 166 valence electrons. The number of ether oxygens (including phenoxy) is 1. The molecule has 9 heteroatoms. The summed E-state index contributed by atoms with van der Waals surface area (Å²) in [6, 6.07) is 18.8. The average molecular weight is 529 g/mol. The Morgan fingerprint density at radius 3 is 2.48 bits per heavy atom. The van der Waals surface area contributed by atoms with E-state index in [0.717, 1.165) is 0 Å². The summed E-state index contributed by atoms with van der Waals surface area (Å²) in [6.45, 7) is -0.269. The van der Waals surface area contributed by atoms with Crippen LogP contribution in [-0.4, -0.2) is 18.4 Å². The number of rotatable bonds is 7. The lowest BCUT2D eigenvalue weighted by atomic mass is 10.1. The van der Waals surface area contributed by atoms with Crippen molar-refractivity contribution in [1.29, 1.82) is 5.26 Å². The van der Waals surface area contributed by atoms with Crippen LogP contribution in [0, 0.1) is 17.1 Å². The summed E-state index contributed by atoms with van der Waals surface area (Å²) in [4.78, 5) is 24.5. The van der Waals surface area contributed by atoms with Gasteiger partial charge in [-0.15, -0.1) is 0 Å². The van der Waals surface area contributed by atoms with Crippen molar-refractivity contribution in [3.63, 3.8) is 0 Å². The molecule has 0 aliphatic carbocycles. The number of anilines is 2. The van der Waals surface area contributed by atoms with Crippen molar-refractivity contribution in [1.82, 2.24) is 0 Å². The number of nitrogens with zero attached hydrogens (tertiary/aromatic N) is 1. The van der Waals surface area contributed by atoms with Gasteiger partial charge in [-0.05, 0) is 76.1 Å². The Kier molecular flexibility index (Phi) is 8.19. The van der Waals surface area contributed by atoms with E-state index in [1.165, 1.54) is 30.3 Å². The molecule has 2 amide bonds. The van der Waals surface area contributed by atoms with Gasteiger partial charge in [0, 0.05) is 5.69 Å². The molecule has 3 aromatic rings. The quantitative estimate of drug-likeness (QED) is 0.299. The highest BCUT2D eigenvalue weighted by atomic mass is 79.9. The molecule has 0 bridgehead atoms. The number of benzene rings is 3. The third kappa shape index (κ3) is 6.91. The van der Waals surface area contributed by atoms with Gasteiger partial charge in [0.15, 0.2) is 6.61 Å². The molecule has 3 aromatic carbocycles. The molecule has 0 saturated carbocycles. The van der Waals surface area contributed by atoms with Crippen molar-refractivity contribution in [2.75, 3.05) is 17.2 Å². The SMILES string of the molecule is N#C/C(=C\c1ccc(OCC(=O)Nc2ccc(F)cc2)c(Br)c1)C(=O)Nc1ccccc1Cl. The fourth-order valence-electron chi connectivity index (χ4n) is 2.67. The van der Waals surface area contributed by atoms with Gasteiger partial charge in [0.1, 0.15) is 23.2 Å². The van der Waals surface area contributed by atoms with Crippen LogP contribution in [0.15, 0.2) is 76.8 Å². The third-order valence-electron chi connectivity index (χ3n) is 4.24. The molecule has 0 atom stereocenters. The number of nitrogens with one attached hydrogen (secondary N) is 2. The van der Waals surface area contributed by atoms with Gasteiger partial charge in [0.2, 0.25) is 0 Å². The number of para-hydroxylation sites is 1. The summed E-state index contributed by atoms with van der Waals surface area (Å²) in [5.74, 6) is -1.02. The average Bonchev–Trinajstić information content (AvgIpc) is 2.80. The van der Waals surface area contributed by atoms with Crippen LogP contribution in [0.3, 0.4) is 0 Å². The Hall–Kier alpha value is -3.67. The van der Waals surface area contributed by atoms with E-state index in [4.69, 9.17) is 16.3 Å². The summed E-state index contributed by atoms with van der Waals surface area (Å²) in [5.41, 5.74) is 1.29. The van der Waals surface area contributed by atoms with Crippen LogP contribution in [-0.2, 0) is 9.59 Å². The first-order valence-electron chi connectivity index (χ1n) is 9.51. The van der Waals surface area contributed by atoms with Crippen molar-refractivity contribution in [2.24, 2.45) is 0 Å². The Bertz CT molecular complexity index is 1260. The molecule has 0 aliphatic rings. The molecule has 0 fully saturated rings. The molecular formula is C24H16BrClFN3O3. The van der Waals surface area contributed by atoms with Gasteiger partial charge in [0.25, 0.3) is 11.8 Å². The molecule has 6 nitrogen and oxygen atoms in total. The van der Waals surface area contributed by atoms with E-state index in [0.29, 0.717) is 32.2 Å². The number of carbonyl (C=O) groups is 2. The third-order valence-corrected chi connectivity index (χ3v) is 5.19. The first-order valence-corrected chi connectivity index (χ1v) is 10.7. The van der Waals surface area contributed by atoms with Gasteiger partial charge in [-0.2, -0.15) is 5.26 Å². The van der Waals surface area contributed by atoms with Crippen molar-refractivity contribution in [3.8, 4) is 11.8 Å². The Balaban J connectivity index is 1.63. The van der Waals surface area contributed by atoms with Gasteiger partial charge < -0.3 is 15.4 Å². The van der Waals surface area contributed by atoms with E-state index in [9.17, 15) is 19.2 Å². The standard InChI is InChI=1S/C24H16BrClFN3O3/c25-19-12-15(11-16(13-28)24(32)30-21-4-2-1-3-20(21)26)5-10-22(19)33-14-23(31)29-18-8-6-17(27)7-9-18/h1-12H,14H2,(H,29,31)(H,30,32)/b16-11+. The number of amides is 2. The highest BCUT2D eigenvalue weighted by Gasteiger charge is 2.12. The normalized spacial score (nSPS) is 10.8. The number of hydrogen-bond donors (Lipinski definition) is 2. The fourth-order valence-corrected chi connectivity index (χ4v) is 3.36. The topological polar surface area (TPSA) is 91.2 Å². The van der Waals surface area contributed by atoms with E-state index < -0.39 is 17.6 Å². The lowest BCUT2D eigenvalue weighted by Gasteiger charge is -2.10. The van der Waals surface area contributed by atoms with Crippen LogP contribution in [0.1, 0.15) is 5.56 Å². The molecule has 0 aliphatic heterocycles. The molecule has 0 spiro atoms. The lowest BCUT2D eigenvalue weighted by molar-refractivity contribution is -0.118. The minimum atomic E-state index is -0.598. The predicted molar refractivity (Wildman–Crippen MR) is 128 cm³/mol. The Morgan fingerprint density at radius 2 is 1.82 bits per heavy atom. The van der Waals surface area contributed by atoms with Crippen molar-refractivity contribution >= 4 is 56.8 Å². The zero-order chi connectivity index (χ0) is 23.8. The summed E-state index contributed by atoms with van der Waals surface area (Å²) in [5, 5.41) is 14.9. The summed E-state index contributed by atoms with van der Waals surface area (Å²) >= 11 is 9.39. The molecule has 2 N–H and O–H groups in total. The maximum atomic E-state index is 12.9. The number of nitriles is 1. The van der Waals surface area contributed by atoms with E-state index in [1.54, 1.807) is 42.5 Å². The van der Waals surface area contributed by atoms with Gasteiger partial charge >= 0.3 is 0 Å². The zero-order valence-electron chi connectivity index (χ0n) is 16.9. The van der Waals surface area contributed by atoms with Crippen LogP contribution in [0.4, 0.5) is 15.8 Å². The van der Waals surface area contributed by atoms with Gasteiger partial charge in [-0.1, -0.05) is 29.8 Å². The summed E-state index contributed by atoms with van der Waals surface area (Å²) in [7, 11) is 0. The van der Waals surface area contributed by atoms with Crippen LogP contribution in [0.2, 0.25) is 5.02 Å². The van der Waals surface area contributed by atoms with Crippen LogP contribution in [0.25, 0.3) is 6.08 Å². The largest absolute Gasteiger partial charge is 0.483 e. The van der Waals surface area contributed by atoms with Crippen LogP contribution >= 0.6 is 27.5 Å². The lowest BCUT2D eigenvalue weighted by Crippen LogP contribution is -2.20. The summed E-state index contributed by atoms with van der Waals surface area (Å²) in [6.07, 6.45) is 1.42. The molecule has 3 rings (SSSR count). The first kappa shape index (κ1) is 24.0. The Labute approximate surface area is 202 Å². The number of halogens is 3. The highest BCUT2D eigenvalue weighted by molar-refractivity contribution is 9.10. The van der Waals surface area contributed by atoms with E-state index in [2.05, 4.69) is 26.6 Å². The van der Waals surface area contributed by atoms with Crippen molar-refractivity contribution in [3.05, 3.63) is 93.2 Å². The summed E-state index contributed by atoms with van der Waals surface area (Å²) < 4.78 is 19.0. The smallest absolute Gasteiger partial charge is 0.266 e. The molecule has 0 radical (unpaired) electrons. The second kappa shape index (κ2) is 11.3. The predicted octanol–water partition coefficient (Wildman–Crippen LogP) is 5.80.